The first-order valence-electron chi connectivity index (χ1n) is 8.15. The van der Waals surface area contributed by atoms with E-state index in [2.05, 4.69) is 0 Å². The average Bonchev–Trinajstić information content (AvgIpc) is 2.97. The first kappa shape index (κ1) is 19.1. The third kappa shape index (κ3) is 2.88. The summed E-state index contributed by atoms with van der Waals surface area (Å²) in [5.41, 5.74) is -0.147. The minimum atomic E-state index is -0.705. The van der Waals surface area contributed by atoms with Crippen LogP contribution in [0.3, 0.4) is 0 Å². The molecule has 0 saturated heterocycles. The van der Waals surface area contributed by atoms with Crippen molar-refractivity contribution in [3.8, 4) is 11.6 Å². The predicted octanol–water partition coefficient (Wildman–Crippen LogP) is 3.17. The normalized spacial score (nSPS) is 10.7. The third-order valence-corrected chi connectivity index (χ3v) is 4.32. The SMILES string of the molecule is COC(=O)c1cccc(C(=O)c2c(O)n(C(C)=O)c3cc(F)ccc23)c1OC. The molecule has 7 nitrogen and oxygen atoms in total. The van der Waals surface area contributed by atoms with Crippen molar-refractivity contribution in [1.29, 1.82) is 0 Å². The van der Waals surface area contributed by atoms with Crippen LogP contribution in [-0.2, 0) is 4.74 Å². The second kappa shape index (κ2) is 7.15. The molecule has 0 atom stereocenters. The third-order valence-electron chi connectivity index (χ3n) is 4.32. The molecule has 1 aromatic heterocycles. The summed E-state index contributed by atoms with van der Waals surface area (Å²) in [5, 5.41) is 10.7. The summed E-state index contributed by atoms with van der Waals surface area (Å²) in [6, 6.07) is 7.76. The number of nitrogens with zero attached hydrogens (tertiary/aromatic N) is 1. The number of methoxy groups -OCH3 is 2. The Balaban J connectivity index is 2.30. The van der Waals surface area contributed by atoms with Crippen LogP contribution in [0.15, 0.2) is 36.4 Å². The molecular weight excluding hydrogens is 369 g/mol. The fourth-order valence-electron chi connectivity index (χ4n) is 3.13. The Bertz CT molecular complexity index is 1130. The summed E-state index contributed by atoms with van der Waals surface area (Å²) in [5.74, 6) is -3.28. The molecule has 0 aliphatic carbocycles. The van der Waals surface area contributed by atoms with Gasteiger partial charge in [0, 0.05) is 12.3 Å². The maximum atomic E-state index is 13.7. The lowest BCUT2D eigenvalue weighted by Crippen LogP contribution is -2.10. The van der Waals surface area contributed by atoms with E-state index in [4.69, 9.17) is 9.47 Å². The smallest absolute Gasteiger partial charge is 0.341 e. The molecule has 0 unspecified atom stereocenters. The number of hydrogen-bond acceptors (Lipinski definition) is 6. The van der Waals surface area contributed by atoms with E-state index in [-0.39, 0.29) is 33.3 Å². The van der Waals surface area contributed by atoms with Crippen LogP contribution in [0.5, 0.6) is 11.6 Å². The molecule has 0 fully saturated rings. The number of benzene rings is 2. The molecule has 3 aromatic rings. The molecule has 0 saturated carbocycles. The summed E-state index contributed by atoms with van der Waals surface area (Å²) < 4.78 is 24.5. The number of carbonyl (C=O) groups excluding carboxylic acids is 3. The van der Waals surface area contributed by atoms with Crippen LogP contribution in [0, 0.1) is 5.82 Å². The summed E-state index contributed by atoms with van der Waals surface area (Å²) in [6.45, 7) is 1.18. The van der Waals surface area contributed by atoms with Gasteiger partial charge in [-0.05, 0) is 30.3 Å². The number of para-hydroxylation sites is 1. The molecule has 0 radical (unpaired) electrons. The van der Waals surface area contributed by atoms with Crippen LogP contribution in [-0.4, -0.2) is 41.6 Å². The van der Waals surface area contributed by atoms with Crippen molar-refractivity contribution in [2.45, 2.75) is 6.92 Å². The van der Waals surface area contributed by atoms with Crippen molar-refractivity contribution in [3.63, 3.8) is 0 Å². The molecule has 144 valence electrons. The molecule has 28 heavy (non-hydrogen) atoms. The standard InChI is InChI=1S/C20H16FNO6/c1-10(23)22-15-9-11(21)7-8-12(15)16(19(22)25)17(24)13-5-4-6-14(18(13)27-2)20(26)28-3/h4-9,25H,1-3H3. The van der Waals surface area contributed by atoms with Crippen LogP contribution in [0.2, 0.25) is 0 Å². The average molecular weight is 385 g/mol. The number of halogens is 1. The van der Waals surface area contributed by atoms with Gasteiger partial charge in [0.1, 0.15) is 17.1 Å². The van der Waals surface area contributed by atoms with Gasteiger partial charge in [-0.2, -0.15) is 0 Å². The van der Waals surface area contributed by atoms with E-state index in [1.54, 1.807) is 0 Å². The Labute approximate surface area is 158 Å². The van der Waals surface area contributed by atoms with E-state index in [9.17, 15) is 23.9 Å². The van der Waals surface area contributed by atoms with Crippen molar-refractivity contribution < 1.29 is 33.4 Å². The predicted molar refractivity (Wildman–Crippen MR) is 97.6 cm³/mol. The number of hydrogen-bond donors (Lipinski definition) is 1. The minimum absolute atomic E-state index is 0.0207. The van der Waals surface area contributed by atoms with Gasteiger partial charge in [-0.1, -0.05) is 6.07 Å². The van der Waals surface area contributed by atoms with Gasteiger partial charge in [-0.15, -0.1) is 0 Å². The first-order valence-corrected chi connectivity index (χ1v) is 8.15. The van der Waals surface area contributed by atoms with E-state index >= 15 is 0 Å². The van der Waals surface area contributed by atoms with Crippen LogP contribution >= 0.6 is 0 Å². The van der Waals surface area contributed by atoms with E-state index < -0.39 is 29.4 Å². The topological polar surface area (TPSA) is 94.8 Å². The summed E-state index contributed by atoms with van der Waals surface area (Å²) in [4.78, 5) is 37.1. The van der Waals surface area contributed by atoms with Gasteiger partial charge in [-0.3, -0.25) is 9.59 Å². The number of aromatic hydroxyl groups is 1. The number of fused-ring (bicyclic) bond motifs is 1. The van der Waals surface area contributed by atoms with Crippen molar-refractivity contribution in [2.24, 2.45) is 0 Å². The van der Waals surface area contributed by atoms with E-state index in [0.29, 0.717) is 0 Å². The fourth-order valence-corrected chi connectivity index (χ4v) is 3.13. The Morgan fingerprint density at radius 2 is 1.75 bits per heavy atom. The number of ether oxygens (including phenoxy) is 2. The number of ketones is 1. The highest BCUT2D eigenvalue weighted by molar-refractivity contribution is 6.21. The molecular formula is C20H16FNO6. The van der Waals surface area contributed by atoms with Gasteiger partial charge in [0.2, 0.25) is 17.6 Å². The molecule has 0 bridgehead atoms. The van der Waals surface area contributed by atoms with E-state index in [1.165, 1.54) is 45.4 Å². The van der Waals surface area contributed by atoms with Crippen molar-refractivity contribution >= 4 is 28.6 Å². The molecule has 8 heteroatoms. The largest absolute Gasteiger partial charge is 0.495 e. The zero-order valence-corrected chi connectivity index (χ0v) is 15.3. The zero-order valence-electron chi connectivity index (χ0n) is 15.3. The Hall–Kier alpha value is -3.68. The second-order valence-electron chi connectivity index (χ2n) is 5.92. The van der Waals surface area contributed by atoms with Crippen molar-refractivity contribution in [3.05, 3.63) is 58.9 Å². The summed E-state index contributed by atoms with van der Waals surface area (Å²) >= 11 is 0. The quantitative estimate of drug-likeness (QED) is 0.548. The Morgan fingerprint density at radius 1 is 1.07 bits per heavy atom. The lowest BCUT2D eigenvalue weighted by Gasteiger charge is -2.11. The van der Waals surface area contributed by atoms with E-state index in [1.807, 2.05) is 0 Å². The second-order valence-corrected chi connectivity index (χ2v) is 5.92. The number of esters is 1. The summed E-state index contributed by atoms with van der Waals surface area (Å²) in [6.07, 6.45) is 0. The fraction of sp³-hybridized carbons (Fsp3) is 0.150. The molecule has 0 amide bonds. The lowest BCUT2D eigenvalue weighted by atomic mass is 9.99. The highest BCUT2D eigenvalue weighted by atomic mass is 19.1. The number of carbonyl (C=O) groups is 3. The monoisotopic (exact) mass is 385 g/mol. The van der Waals surface area contributed by atoms with Crippen molar-refractivity contribution in [1.82, 2.24) is 4.57 Å². The van der Waals surface area contributed by atoms with Crippen LogP contribution in [0.25, 0.3) is 10.9 Å². The van der Waals surface area contributed by atoms with E-state index in [0.717, 1.165) is 16.7 Å². The van der Waals surface area contributed by atoms with Gasteiger partial charge in [0.15, 0.2) is 0 Å². The first-order chi connectivity index (χ1) is 13.3. The number of rotatable bonds is 4. The molecule has 0 spiro atoms. The molecule has 2 aromatic carbocycles. The maximum Gasteiger partial charge on any atom is 0.341 e. The molecule has 0 aliphatic heterocycles. The number of aromatic nitrogens is 1. The molecule has 1 N–H and O–H groups in total. The van der Waals surface area contributed by atoms with Crippen LogP contribution < -0.4 is 4.74 Å². The Morgan fingerprint density at radius 3 is 2.36 bits per heavy atom. The highest BCUT2D eigenvalue weighted by Gasteiger charge is 2.29. The van der Waals surface area contributed by atoms with Crippen molar-refractivity contribution in [2.75, 3.05) is 14.2 Å². The summed E-state index contributed by atoms with van der Waals surface area (Å²) in [7, 11) is 2.48. The van der Waals surface area contributed by atoms with Gasteiger partial charge in [-0.25, -0.2) is 13.8 Å². The molecule has 0 aliphatic rings. The Kier molecular flexibility index (Phi) is 4.87. The lowest BCUT2D eigenvalue weighted by molar-refractivity contribution is 0.0597. The van der Waals surface area contributed by atoms with Gasteiger partial charge < -0.3 is 14.6 Å². The zero-order chi connectivity index (χ0) is 20.6. The molecule has 1 heterocycles. The van der Waals surface area contributed by atoms with Crippen LogP contribution in [0.1, 0.15) is 38.0 Å². The van der Waals surface area contributed by atoms with Gasteiger partial charge in [0.25, 0.3) is 0 Å². The van der Waals surface area contributed by atoms with Gasteiger partial charge >= 0.3 is 5.97 Å². The minimum Gasteiger partial charge on any atom is -0.495 e. The molecule has 3 rings (SSSR count). The maximum absolute atomic E-state index is 13.7. The van der Waals surface area contributed by atoms with Crippen LogP contribution in [0.4, 0.5) is 4.39 Å². The highest BCUT2D eigenvalue weighted by Crippen LogP contribution is 2.36. The van der Waals surface area contributed by atoms with Gasteiger partial charge in [0.05, 0.1) is 30.9 Å².